The smallest absolute Gasteiger partial charge is 0.282 e. The zero-order chi connectivity index (χ0) is 18.5. The molecule has 0 saturated heterocycles. The normalized spacial score (nSPS) is 11.3. The molecule has 0 atom stereocenters. The highest BCUT2D eigenvalue weighted by molar-refractivity contribution is 9.10. The number of hydrogen-bond donors (Lipinski definition) is 0. The summed E-state index contributed by atoms with van der Waals surface area (Å²) in [6.45, 7) is 2.11. The number of nitrogens with zero attached hydrogens (tertiary/aromatic N) is 3. The molecular weight excluding hydrogens is 394 g/mol. The third-order valence-electron chi connectivity index (χ3n) is 4.07. The van der Waals surface area contributed by atoms with Crippen LogP contribution in [0.25, 0.3) is 10.9 Å². The van der Waals surface area contributed by atoms with Gasteiger partial charge in [-0.15, -0.1) is 0 Å². The summed E-state index contributed by atoms with van der Waals surface area (Å²) in [7, 11) is 1.63. The van der Waals surface area contributed by atoms with Crippen LogP contribution in [0.4, 0.5) is 0 Å². The van der Waals surface area contributed by atoms with Gasteiger partial charge in [-0.1, -0.05) is 29.3 Å². The SMILES string of the molecule is CCCCc1nc2ccc(Br)cc2c(=O)n1N=Cc1ccc(OC)cc1. The fourth-order valence-electron chi connectivity index (χ4n) is 2.62. The largest absolute Gasteiger partial charge is 0.497 e. The van der Waals surface area contributed by atoms with E-state index in [0.29, 0.717) is 23.1 Å². The van der Waals surface area contributed by atoms with Crippen LogP contribution in [0.1, 0.15) is 31.2 Å². The number of ether oxygens (including phenoxy) is 1. The van der Waals surface area contributed by atoms with Gasteiger partial charge in [0.05, 0.1) is 24.2 Å². The van der Waals surface area contributed by atoms with Gasteiger partial charge < -0.3 is 4.74 Å². The summed E-state index contributed by atoms with van der Waals surface area (Å²) in [5.74, 6) is 1.46. The van der Waals surface area contributed by atoms with Crippen molar-refractivity contribution in [1.29, 1.82) is 0 Å². The lowest BCUT2D eigenvalue weighted by atomic mass is 10.2. The average molecular weight is 414 g/mol. The zero-order valence-corrected chi connectivity index (χ0v) is 16.4. The molecular formula is C20H20BrN3O2. The van der Waals surface area contributed by atoms with Crippen LogP contribution in [-0.2, 0) is 6.42 Å². The van der Waals surface area contributed by atoms with E-state index < -0.39 is 0 Å². The van der Waals surface area contributed by atoms with Crippen molar-refractivity contribution in [2.24, 2.45) is 5.10 Å². The van der Waals surface area contributed by atoms with Crippen LogP contribution >= 0.6 is 15.9 Å². The van der Waals surface area contributed by atoms with Gasteiger partial charge in [0.15, 0.2) is 0 Å². The Balaban J connectivity index is 2.07. The molecule has 0 fully saturated rings. The standard InChI is InChI=1S/C20H20BrN3O2/c1-3-4-5-19-23-18-11-8-15(21)12-17(18)20(25)24(19)22-13-14-6-9-16(26-2)10-7-14/h6-13H,3-5H2,1-2H3. The molecule has 3 rings (SSSR count). The maximum absolute atomic E-state index is 13.0. The van der Waals surface area contributed by atoms with E-state index in [2.05, 4.69) is 32.9 Å². The van der Waals surface area contributed by atoms with E-state index in [1.807, 2.05) is 36.4 Å². The molecule has 134 valence electrons. The first kappa shape index (κ1) is 18.3. The topological polar surface area (TPSA) is 56.5 Å². The summed E-state index contributed by atoms with van der Waals surface area (Å²) >= 11 is 3.41. The Morgan fingerprint density at radius 1 is 1.23 bits per heavy atom. The first-order valence-corrected chi connectivity index (χ1v) is 9.31. The number of aryl methyl sites for hydroxylation is 1. The Labute approximate surface area is 160 Å². The minimum absolute atomic E-state index is 0.160. The molecule has 1 aromatic heterocycles. The van der Waals surface area contributed by atoms with Crippen molar-refractivity contribution in [2.45, 2.75) is 26.2 Å². The molecule has 0 saturated carbocycles. The van der Waals surface area contributed by atoms with Gasteiger partial charge in [0.2, 0.25) is 0 Å². The van der Waals surface area contributed by atoms with Crippen LogP contribution < -0.4 is 10.3 Å². The number of unbranched alkanes of at least 4 members (excludes halogenated alkanes) is 1. The van der Waals surface area contributed by atoms with E-state index in [1.165, 1.54) is 4.68 Å². The molecule has 26 heavy (non-hydrogen) atoms. The number of halogens is 1. The molecule has 2 aromatic carbocycles. The van der Waals surface area contributed by atoms with Crippen LogP contribution in [0.3, 0.4) is 0 Å². The van der Waals surface area contributed by atoms with Crippen molar-refractivity contribution < 1.29 is 4.74 Å². The van der Waals surface area contributed by atoms with E-state index >= 15 is 0 Å². The summed E-state index contributed by atoms with van der Waals surface area (Å²) in [6.07, 6.45) is 4.35. The summed E-state index contributed by atoms with van der Waals surface area (Å²) in [4.78, 5) is 17.6. The minimum Gasteiger partial charge on any atom is -0.497 e. The lowest BCUT2D eigenvalue weighted by Crippen LogP contribution is -2.22. The van der Waals surface area contributed by atoms with Gasteiger partial charge in [-0.05, 0) is 54.4 Å². The van der Waals surface area contributed by atoms with Crippen molar-refractivity contribution in [3.63, 3.8) is 0 Å². The van der Waals surface area contributed by atoms with Gasteiger partial charge >= 0.3 is 0 Å². The molecule has 3 aromatic rings. The maximum Gasteiger partial charge on any atom is 0.282 e. The number of rotatable bonds is 6. The zero-order valence-electron chi connectivity index (χ0n) is 14.8. The molecule has 0 amide bonds. The van der Waals surface area contributed by atoms with Crippen molar-refractivity contribution in [3.05, 3.63) is 68.7 Å². The summed E-state index contributed by atoms with van der Waals surface area (Å²) < 4.78 is 7.41. The van der Waals surface area contributed by atoms with Crippen LogP contribution in [0.15, 0.2) is 56.8 Å². The molecule has 5 nitrogen and oxygen atoms in total. The number of fused-ring (bicyclic) bond motifs is 1. The molecule has 0 radical (unpaired) electrons. The monoisotopic (exact) mass is 413 g/mol. The first-order chi connectivity index (χ1) is 12.6. The van der Waals surface area contributed by atoms with Crippen molar-refractivity contribution in [2.75, 3.05) is 7.11 Å². The Morgan fingerprint density at radius 2 is 2.00 bits per heavy atom. The molecule has 1 heterocycles. The van der Waals surface area contributed by atoms with Crippen molar-refractivity contribution in [1.82, 2.24) is 9.66 Å². The molecule has 0 N–H and O–H groups in total. The van der Waals surface area contributed by atoms with Gasteiger partial charge in [0.25, 0.3) is 5.56 Å². The maximum atomic E-state index is 13.0. The number of hydrogen-bond acceptors (Lipinski definition) is 4. The highest BCUT2D eigenvalue weighted by Gasteiger charge is 2.10. The lowest BCUT2D eigenvalue weighted by Gasteiger charge is -2.09. The quantitative estimate of drug-likeness (QED) is 0.562. The third-order valence-corrected chi connectivity index (χ3v) is 4.56. The first-order valence-electron chi connectivity index (χ1n) is 8.52. The molecule has 0 aliphatic rings. The molecule has 0 unspecified atom stereocenters. The third kappa shape index (κ3) is 4.02. The molecule has 0 spiro atoms. The highest BCUT2D eigenvalue weighted by Crippen LogP contribution is 2.17. The van der Waals surface area contributed by atoms with Gasteiger partial charge in [0.1, 0.15) is 11.6 Å². The van der Waals surface area contributed by atoms with Crippen LogP contribution in [0, 0.1) is 0 Å². The van der Waals surface area contributed by atoms with E-state index in [-0.39, 0.29) is 5.56 Å². The summed E-state index contributed by atoms with van der Waals surface area (Å²) in [5, 5.41) is 4.97. The van der Waals surface area contributed by atoms with Crippen LogP contribution in [-0.4, -0.2) is 23.0 Å². The molecule has 0 aliphatic heterocycles. The second kappa shape index (κ2) is 8.27. The van der Waals surface area contributed by atoms with Gasteiger partial charge in [0, 0.05) is 10.9 Å². The van der Waals surface area contributed by atoms with E-state index in [0.717, 1.165) is 28.6 Å². The summed E-state index contributed by atoms with van der Waals surface area (Å²) in [6, 6.07) is 13.0. The van der Waals surface area contributed by atoms with E-state index in [4.69, 9.17) is 4.74 Å². The number of aromatic nitrogens is 2. The fourth-order valence-corrected chi connectivity index (χ4v) is 2.99. The van der Waals surface area contributed by atoms with E-state index in [1.54, 1.807) is 19.4 Å². The van der Waals surface area contributed by atoms with Crippen molar-refractivity contribution >= 4 is 33.0 Å². The van der Waals surface area contributed by atoms with Crippen LogP contribution in [0.2, 0.25) is 0 Å². The lowest BCUT2D eigenvalue weighted by molar-refractivity contribution is 0.415. The Bertz CT molecular complexity index is 994. The second-order valence-electron chi connectivity index (χ2n) is 5.93. The highest BCUT2D eigenvalue weighted by atomic mass is 79.9. The molecule has 6 heteroatoms. The predicted molar refractivity (Wildman–Crippen MR) is 108 cm³/mol. The number of methoxy groups -OCH3 is 1. The minimum atomic E-state index is -0.160. The Morgan fingerprint density at radius 3 is 2.69 bits per heavy atom. The number of benzene rings is 2. The molecule has 0 aliphatic carbocycles. The van der Waals surface area contributed by atoms with Gasteiger partial charge in [-0.25, -0.2) is 4.98 Å². The Hall–Kier alpha value is -2.47. The van der Waals surface area contributed by atoms with Gasteiger partial charge in [-0.2, -0.15) is 9.78 Å². The summed E-state index contributed by atoms with van der Waals surface area (Å²) in [5.41, 5.74) is 1.42. The fraction of sp³-hybridized carbons (Fsp3) is 0.250. The van der Waals surface area contributed by atoms with Crippen LogP contribution in [0.5, 0.6) is 5.75 Å². The Kier molecular flexibility index (Phi) is 5.83. The molecule has 0 bridgehead atoms. The van der Waals surface area contributed by atoms with Gasteiger partial charge in [-0.3, -0.25) is 4.79 Å². The predicted octanol–water partition coefficient (Wildman–Crippen LogP) is 4.39. The second-order valence-corrected chi connectivity index (χ2v) is 6.84. The van der Waals surface area contributed by atoms with E-state index in [9.17, 15) is 4.79 Å². The van der Waals surface area contributed by atoms with Crippen molar-refractivity contribution in [3.8, 4) is 5.75 Å². The average Bonchev–Trinajstić information content (AvgIpc) is 2.66.